The molecule has 0 aliphatic carbocycles. The van der Waals surface area contributed by atoms with E-state index in [1.54, 1.807) is 13.8 Å². The van der Waals surface area contributed by atoms with Gasteiger partial charge in [0.25, 0.3) is 5.67 Å². The van der Waals surface area contributed by atoms with Crippen molar-refractivity contribution >= 4 is 11.6 Å². The van der Waals surface area contributed by atoms with Crippen molar-refractivity contribution in [3.8, 4) is 0 Å². The van der Waals surface area contributed by atoms with E-state index in [9.17, 15) is 17.6 Å². The molecule has 0 amide bonds. The molecule has 1 aromatic heterocycles. The molecule has 0 saturated carbocycles. The lowest BCUT2D eigenvalue weighted by Gasteiger charge is -2.28. The normalized spacial score (nSPS) is 15.7. The summed E-state index contributed by atoms with van der Waals surface area (Å²) in [6.07, 6.45) is -5.14. The number of aromatic nitrogens is 2. The summed E-state index contributed by atoms with van der Waals surface area (Å²) in [7, 11) is 1.37. The Kier molecular flexibility index (Phi) is 4.06. The van der Waals surface area contributed by atoms with Gasteiger partial charge in [0, 0.05) is 12.6 Å². The second-order valence-electron chi connectivity index (χ2n) is 4.77. The molecule has 0 aliphatic rings. The van der Waals surface area contributed by atoms with E-state index in [1.807, 2.05) is 0 Å². The molecule has 0 radical (unpaired) electrons. The molecule has 0 fully saturated rings. The van der Waals surface area contributed by atoms with Crippen LogP contribution >= 0.6 is 11.6 Å². The first-order valence-corrected chi connectivity index (χ1v) is 5.96. The zero-order chi connectivity index (χ0) is 15.2. The van der Waals surface area contributed by atoms with Gasteiger partial charge in [-0.15, -0.1) is 0 Å². The van der Waals surface area contributed by atoms with Crippen LogP contribution < -0.4 is 0 Å². The number of nitrogens with zero attached hydrogens (tertiary/aromatic N) is 2. The van der Waals surface area contributed by atoms with Gasteiger partial charge in [0.15, 0.2) is 0 Å². The van der Waals surface area contributed by atoms with E-state index < -0.39 is 29.0 Å². The molecule has 1 atom stereocenters. The number of alkyl halides is 4. The van der Waals surface area contributed by atoms with Crippen LogP contribution in [0.5, 0.6) is 0 Å². The van der Waals surface area contributed by atoms with Gasteiger partial charge >= 0.3 is 6.18 Å². The second-order valence-corrected chi connectivity index (χ2v) is 5.13. The summed E-state index contributed by atoms with van der Waals surface area (Å²) in [6.45, 7) is 7.36. The Balaban J connectivity index is 3.67. The third kappa shape index (κ3) is 2.38. The molecule has 0 bridgehead atoms. The predicted octanol–water partition coefficient (Wildman–Crippen LogP) is 4.50. The molecule has 0 spiro atoms. The highest BCUT2D eigenvalue weighted by molar-refractivity contribution is 6.30. The van der Waals surface area contributed by atoms with Crippen LogP contribution in [-0.2, 0) is 12.7 Å². The average molecular weight is 299 g/mol. The van der Waals surface area contributed by atoms with E-state index in [4.69, 9.17) is 11.6 Å². The third-order valence-corrected chi connectivity index (χ3v) is 3.34. The maximum Gasteiger partial charge on any atom is 0.432 e. The Hall–Kier alpha value is -1.04. The third-order valence-electron chi connectivity index (χ3n) is 2.89. The van der Waals surface area contributed by atoms with Gasteiger partial charge in [0.1, 0.15) is 10.8 Å². The van der Waals surface area contributed by atoms with E-state index in [2.05, 4.69) is 11.7 Å². The molecule has 0 aliphatic heterocycles. The molecule has 19 heavy (non-hydrogen) atoms. The molecule has 0 aromatic carbocycles. The summed E-state index contributed by atoms with van der Waals surface area (Å²) < 4.78 is 54.9. The summed E-state index contributed by atoms with van der Waals surface area (Å²) >= 11 is 5.91. The maximum absolute atomic E-state index is 14.6. The first-order valence-electron chi connectivity index (χ1n) is 5.59. The Morgan fingerprint density at radius 2 is 1.79 bits per heavy atom. The summed E-state index contributed by atoms with van der Waals surface area (Å²) in [5.74, 6) is -0.395. The molecule has 0 N–H and O–H groups in total. The highest BCUT2D eigenvalue weighted by atomic mass is 35.5. The van der Waals surface area contributed by atoms with Gasteiger partial charge < -0.3 is 0 Å². The van der Waals surface area contributed by atoms with Crippen LogP contribution in [-0.4, -0.2) is 16.0 Å². The summed E-state index contributed by atoms with van der Waals surface area (Å²) in [6, 6.07) is 0. The molecule has 7 heteroatoms. The number of rotatable bonds is 3. The van der Waals surface area contributed by atoms with Crippen LogP contribution in [0.1, 0.15) is 37.9 Å². The fourth-order valence-electron chi connectivity index (χ4n) is 1.86. The fraction of sp³-hybridized carbons (Fsp3) is 0.583. The zero-order valence-corrected chi connectivity index (χ0v) is 11.8. The van der Waals surface area contributed by atoms with E-state index >= 15 is 0 Å². The van der Waals surface area contributed by atoms with Crippen molar-refractivity contribution in [2.75, 3.05) is 0 Å². The molecule has 1 rings (SSSR count). The summed E-state index contributed by atoms with van der Waals surface area (Å²) in [5, 5.41) is 3.62. The lowest BCUT2D eigenvalue weighted by Crippen LogP contribution is -2.40. The van der Waals surface area contributed by atoms with Gasteiger partial charge in [-0.05, 0) is 18.4 Å². The topological polar surface area (TPSA) is 17.8 Å². The van der Waals surface area contributed by atoms with Crippen LogP contribution in [0.2, 0.25) is 5.15 Å². The Bertz CT molecular complexity index is 505. The number of hydrogen-bond acceptors (Lipinski definition) is 1. The van der Waals surface area contributed by atoms with Crippen LogP contribution in [0.25, 0.3) is 0 Å². The lowest BCUT2D eigenvalue weighted by atomic mass is 9.88. The van der Waals surface area contributed by atoms with E-state index in [1.165, 1.54) is 7.05 Å². The number of aryl methyl sites for hydroxylation is 1. The van der Waals surface area contributed by atoms with Gasteiger partial charge in [0.05, 0.1) is 0 Å². The van der Waals surface area contributed by atoms with Gasteiger partial charge in [-0.25, -0.2) is 4.39 Å². The summed E-state index contributed by atoms with van der Waals surface area (Å²) in [4.78, 5) is 0. The van der Waals surface area contributed by atoms with Crippen LogP contribution in [0.15, 0.2) is 12.2 Å². The van der Waals surface area contributed by atoms with Crippen molar-refractivity contribution in [1.82, 2.24) is 9.78 Å². The molecule has 1 aromatic rings. The van der Waals surface area contributed by atoms with Crippen LogP contribution in [0.3, 0.4) is 0 Å². The molecule has 0 saturated heterocycles. The average Bonchev–Trinajstić information content (AvgIpc) is 2.52. The van der Waals surface area contributed by atoms with Crippen molar-refractivity contribution in [1.29, 1.82) is 0 Å². The first-order chi connectivity index (χ1) is 8.44. The second kappa shape index (κ2) is 4.81. The maximum atomic E-state index is 14.6. The minimum absolute atomic E-state index is 0.00229. The van der Waals surface area contributed by atoms with Gasteiger partial charge in [-0.3, -0.25) is 4.68 Å². The van der Waals surface area contributed by atoms with Crippen LogP contribution in [0.4, 0.5) is 17.6 Å². The molecular formula is C12H15ClF4N2. The van der Waals surface area contributed by atoms with E-state index in [0.29, 0.717) is 0 Å². The van der Waals surface area contributed by atoms with E-state index in [0.717, 1.165) is 11.6 Å². The molecule has 1 heterocycles. The monoisotopic (exact) mass is 298 g/mol. The quantitative estimate of drug-likeness (QED) is 0.593. The lowest BCUT2D eigenvalue weighted by molar-refractivity contribution is -0.222. The largest absolute Gasteiger partial charge is 0.432 e. The molecular weight excluding hydrogens is 284 g/mol. The van der Waals surface area contributed by atoms with Gasteiger partial charge in [0.2, 0.25) is 0 Å². The highest BCUT2D eigenvalue weighted by Gasteiger charge is 2.61. The first kappa shape index (κ1) is 16.0. The van der Waals surface area contributed by atoms with Crippen molar-refractivity contribution in [2.45, 2.75) is 38.5 Å². The van der Waals surface area contributed by atoms with Crippen molar-refractivity contribution in [3.05, 3.63) is 28.6 Å². The highest BCUT2D eigenvalue weighted by Crippen LogP contribution is 2.49. The standard InChI is InChI=1S/C12H15ClF4N2/c1-6(2)8-9(18-19(5)10(8)13)11(14,7(3)4)12(15,16)17/h6H,3H2,1-2,4-5H3. The van der Waals surface area contributed by atoms with E-state index in [-0.39, 0.29) is 10.7 Å². The Morgan fingerprint density at radius 3 is 2.11 bits per heavy atom. The summed E-state index contributed by atoms with van der Waals surface area (Å²) in [5.41, 5.74) is -5.05. The minimum Gasteiger partial charge on any atom is -0.256 e. The fourth-order valence-corrected chi connectivity index (χ4v) is 2.21. The van der Waals surface area contributed by atoms with Crippen molar-refractivity contribution in [3.63, 3.8) is 0 Å². The Morgan fingerprint density at radius 1 is 1.32 bits per heavy atom. The molecule has 108 valence electrons. The van der Waals surface area contributed by atoms with Crippen molar-refractivity contribution in [2.24, 2.45) is 7.05 Å². The van der Waals surface area contributed by atoms with Crippen molar-refractivity contribution < 1.29 is 17.6 Å². The smallest absolute Gasteiger partial charge is 0.256 e. The molecule has 1 unspecified atom stereocenters. The SMILES string of the molecule is C=C(C)C(F)(c1nn(C)c(Cl)c1C(C)C)C(F)(F)F. The Labute approximate surface area is 114 Å². The number of allylic oxidation sites excluding steroid dienone is 1. The van der Waals surface area contributed by atoms with Crippen LogP contribution in [0, 0.1) is 0 Å². The van der Waals surface area contributed by atoms with Gasteiger partial charge in [-0.1, -0.05) is 32.0 Å². The minimum atomic E-state index is -5.14. The molecule has 2 nitrogen and oxygen atoms in total. The zero-order valence-electron chi connectivity index (χ0n) is 11.1. The number of halogens is 5. The van der Waals surface area contributed by atoms with Gasteiger partial charge in [-0.2, -0.15) is 18.3 Å². The number of hydrogen-bond donors (Lipinski definition) is 0. The predicted molar refractivity (Wildman–Crippen MR) is 66.0 cm³/mol.